The summed E-state index contributed by atoms with van der Waals surface area (Å²) in [5.74, 6) is 0.267. The normalized spacial score (nSPS) is 16.7. The van der Waals surface area contributed by atoms with Gasteiger partial charge in [-0.15, -0.1) is 12.4 Å². The van der Waals surface area contributed by atoms with Crippen LogP contribution in [0.2, 0.25) is 0 Å². The fraction of sp³-hybridized carbons (Fsp3) is 0.800. The Morgan fingerprint density at radius 3 is 1.81 bits per heavy atom. The standard InChI is InChI=1S/C10H20N4O.ClH/c1-10(2,3)8(15)13-4-6-14(7-5-13)9(11)12;/h4-7H2,1-3H3,(H3,11,12);1H. The highest BCUT2D eigenvalue weighted by atomic mass is 35.5. The van der Waals surface area contributed by atoms with Crippen LogP contribution in [0.5, 0.6) is 0 Å². The molecule has 0 radical (unpaired) electrons. The predicted octanol–water partition coefficient (Wildman–Crippen LogP) is 0.492. The molecule has 1 aliphatic heterocycles. The molecule has 3 N–H and O–H groups in total. The largest absolute Gasteiger partial charge is 0.370 e. The monoisotopic (exact) mass is 248 g/mol. The zero-order valence-electron chi connectivity index (χ0n) is 10.1. The minimum absolute atomic E-state index is 0. The first kappa shape index (κ1) is 15.0. The van der Waals surface area contributed by atoms with Crippen LogP contribution in [0, 0.1) is 10.8 Å². The maximum Gasteiger partial charge on any atom is 0.228 e. The third-order valence-corrected chi connectivity index (χ3v) is 2.55. The minimum atomic E-state index is -0.321. The molecule has 0 spiro atoms. The highest BCUT2D eigenvalue weighted by molar-refractivity contribution is 5.85. The summed E-state index contributed by atoms with van der Waals surface area (Å²) in [5, 5.41) is 7.29. The van der Waals surface area contributed by atoms with Gasteiger partial charge in [-0.2, -0.15) is 0 Å². The first-order chi connectivity index (χ1) is 6.82. The van der Waals surface area contributed by atoms with E-state index in [9.17, 15) is 4.79 Å². The van der Waals surface area contributed by atoms with Gasteiger partial charge in [0, 0.05) is 31.6 Å². The Hall–Kier alpha value is -0.970. The number of nitrogens with one attached hydrogen (secondary N) is 1. The molecule has 1 amide bonds. The van der Waals surface area contributed by atoms with E-state index in [4.69, 9.17) is 11.1 Å². The highest BCUT2D eigenvalue weighted by Crippen LogP contribution is 2.18. The van der Waals surface area contributed by atoms with Gasteiger partial charge in [0.15, 0.2) is 5.96 Å². The molecule has 1 rings (SSSR count). The molecule has 6 heteroatoms. The third-order valence-electron chi connectivity index (χ3n) is 2.55. The predicted molar refractivity (Wildman–Crippen MR) is 66.8 cm³/mol. The van der Waals surface area contributed by atoms with Gasteiger partial charge < -0.3 is 15.5 Å². The van der Waals surface area contributed by atoms with Crippen molar-refractivity contribution in [3.8, 4) is 0 Å². The topological polar surface area (TPSA) is 73.4 Å². The molecule has 94 valence electrons. The van der Waals surface area contributed by atoms with Crippen LogP contribution >= 0.6 is 12.4 Å². The molecule has 0 aliphatic carbocycles. The van der Waals surface area contributed by atoms with E-state index < -0.39 is 0 Å². The van der Waals surface area contributed by atoms with Crippen molar-refractivity contribution in [2.45, 2.75) is 20.8 Å². The number of nitrogens with zero attached hydrogens (tertiary/aromatic N) is 2. The first-order valence-corrected chi connectivity index (χ1v) is 5.20. The van der Waals surface area contributed by atoms with Gasteiger partial charge in [-0.05, 0) is 0 Å². The number of guanidine groups is 1. The van der Waals surface area contributed by atoms with Crippen LogP contribution in [-0.4, -0.2) is 47.8 Å². The molecule has 1 aliphatic rings. The van der Waals surface area contributed by atoms with Crippen LogP contribution in [0.1, 0.15) is 20.8 Å². The maximum absolute atomic E-state index is 11.9. The Bertz CT molecular complexity index is 266. The second-order valence-corrected chi connectivity index (χ2v) is 4.91. The van der Waals surface area contributed by atoms with E-state index in [-0.39, 0.29) is 29.7 Å². The van der Waals surface area contributed by atoms with Crippen molar-refractivity contribution in [1.82, 2.24) is 9.80 Å². The zero-order chi connectivity index (χ0) is 11.6. The third kappa shape index (κ3) is 3.56. The molecule has 1 heterocycles. The molecule has 1 fully saturated rings. The van der Waals surface area contributed by atoms with E-state index in [1.165, 1.54) is 0 Å². The summed E-state index contributed by atoms with van der Waals surface area (Å²) in [6.07, 6.45) is 0. The molecule has 0 unspecified atom stereocenters. The summed E-state index contributed by atoms with van der Waals surface area (Å²) in [6, 6.07) is 0. The number of rotatable bonds is 0. The van der Waals surface area contributed by atoms with Gasteiger partial charge in [0.2, 0.25) is 5.91 Å². The van der Waals surface area contributed by atoms with Crippen LogP contribution in [0.25, 0.3) is 0 Å². The summed E-state index contributed by atoms with van der Waals surface area (Å²) in [6.45, 7) is 8.42. The van der Waals surface area contributed by atoms with Crippen molar-refractivity contribution in [1.29, 1.82) is 5.41 Å². The Labute approximate surface area is 103 Å². The molecular weight excluding hydrogens is 228 g/mol. The summed E-state index contributed by atoms with van der Waals surface area (Å²) in [4.78, 5) is 15.5. The van der Waals surface area contributed by atoms with Crippen LogP contribution in [0.4, 0.5) is 0 Å². The SMILES string of the molecule is CC(C)(C)C(=O)N1CCN(C(=N)N)CC1.Cl. The smallest absolute Gasteiger partial charge is 0.228 e. The molecular formula is C10H21ClN4O. The lowest BCUT2D eigenvalue weighted by molar-refractivity contribution is -0.140. The molecule has 5 nitrogen and oxygen atoms in total. The Balaban J connectivity index is 0.00000225. The molecule has 16 heavy (non-hydrogen) atoms. The molecule has 0 bridgehead atoms. The van der Waals surface area contributed by atoms with Crippen LogP contribution < -0.4 is 5.73 Å². The summed E-state index contributed by atoms with van der Waals surface area (Å²) in [7, 11) is 0. The Morgan fingerprint density at radius 2 is 1.50 bits per heavy atom. The summed E-state index contributed by atoms with van der Waals surface area (Å²) < 4.78 is 0. The van der Waals surface area contributed by atoms with E-state index in [1.54, 1.807) is 4.90 Å². The highest BCUT2D eigenvalue weighted by Gasteiger charge is 2.29. The average molecular weight is 249 g/mol. The molecule has 0 atom stereocenters. The van der Waals surface area contributed by atoms with Gasteiger partial charge in [-0.1, -0.05) is 20.8 Å². The lowest BCUT2D eigenvalue weighted by atomic mass is 9.94. The van der Waals surface area contributed by atoms with Gasteiger partial charge in [0.05, 0.1) is 0 Å². The van der Waals surface area contributed by atoms with Crippen LogP contribution in [-0.2, 0) is 4.79 Å². The van der Waals surface area contributed by atoms with Gasteiger partial charge >= 0.3 is 0 Å². The van der Waals surface area contributed by atoms with Crippen LogP contribution in [0.15, 0.2) is 0 Å². The zero-order valence-corrected chi connectivity index (χ0v) is 10.9. The van der Waals surface area contributed by atoms with Gasteiger partial charge in [-0.3, -0.25) is 10.2 Å². The second-order valence-electron chi connectivity index (χ2n) is 4.91. The Kier molecular flexibility index (Phi) is 5.06. The fourth-order valence-electron chi connectivity index (χ4n) is 1.62. The number of piperazine rings is 1. The fourth-order valence-corrected chi connectivity index (χ4v) is 1.62. The van der Waals surface area contributed by atoms with Crippen molar-refractivity contribution in [2.24, 2.45) is 11.1 Å². The average Bonchev–Trinajstić information content (AvgIpc) is 2.15. The van der Waals surface area contributed by atoms with Crippen LogP contribution in [0.3, 0.4) is 0 Å². The number of hydrogen-bond donors (Lipinski definition) is 2. The summed E-state index contributed by atoms with van der Waals surface area (Å²) in [5.41, 5.74) is 5.06. The molecule has 0 aromatic rings. The Morgan fingerprint density at radius 1 is 1.12 bits per heavy atom. The summed E-state index contributed by atoms with van der Waals surface area (Å²) >= 11 is 0. The number of carbonyl (C=O) groups is 1. The molecule has 0 aromatic carbocycles. The van der Waals surface area contributed by atoms with E-state index in [2.05, 4.69) is 0 Å². The second kappa shape index (κ2) is 5.39. The number of hydrogen-bond acceptors (Lipinski definition) is 2. The molecule has 1 saturated heterocycles. The maximum atomic E-state index is 11.9. The van der Waals surface area contributed by atoms with Gasteiger partial charge in [-0.25, -0.2) is 0 Å². The van der Waals surface area contributed by atoms with Gasteiger partial charge in [0.25, 0.3) is 0 Å². The minimum Gasteiger partial charge on any atom is -0.370 e. The van der Waals surface area contributed by atoms with Crippen molar-refractivity contribution in [2.75, 3.05) is 26.2 Å². The quantitative estimate of drug-likeness (QED) is 0.484. The van der Waals surface area contributed by atoms with Crippen molar-refractivity contribution in [3.63, 3.8) is 0 Å². The van der Waals surface area contributed by atoms with Crippen molar-refractivity contribution in [3.05, 3.63) is 0 Å². The van der Waals surface area contributed by atoms with Crippen molar-refractivity contribution >= 4 is 24.3 Å². The number of nitrogens with two attached hydrogens (primary N) is 1. The molecule has 0 aromatic heterocycles. The molecule has 0 saturated carbocycles. The van der Waals surface area contributed by atoms with E-state index in [0.29, 0.717) is 26.2 Å². The lowest BCUT2D eigenvalue weighted by Crippen LogP contribution is -2.54. The van der Waals surface area contributed by atoms with E-state index >= 15 is 0 Å². The number of halogens is 1. The lowest BCUT2D eigenvalue weighted by Gasteiger charge is -2.37. The number of amides is 1. The van der Waals surface area contributed by atoms with E-state index in [1.807, 2.05) is 25.7 Å². The van der Waals surface area contributed by atoms with Gasteiger partial charge in [0.1, 0.15) is 0 Å². The van der Waals surface area contributed by atoms with Crippen molar-refractivity contribution < 1.29 is 4.79 Å². The number of carbonyl (C=O) groups excluding carboxylic acids is 1. The first-order valence-electron chi connectivity index (χ1n) is 5.20. The van der Waals surface area contributed by atoms with E-state index in [0.717, 1.165) is 0 Å².